The summed E-state index contributed by atoms with van der Waals surface area (Å²) in [7, 11) is 0. The molecule has 0 amide bonds. The van der Waals surface area contributed by atoms with Crippen LogP contribution in [0.4, 0.5) is 0 Å². The minimum absolute atomic E-state index is 0.0538. The second-order valence-electron chi connectivity index (χ2n) is 5.85. The molecule has 1 atom stereocenters. The lowest BCUT2D eigenvalue weighted by molar-refractivity contribution is -0.117. The molecule has 23 heavy (non-hydrogen) atoms. The largest absolute Gasteiger partial charge is 0.402 e. The molecule has 5 nitrogen and oxygen atoms in total. The summed E-state index contributed by atoms with van der Waals surface area (Å²) in [6, 6.07) is 10.0. The average molecular weight is 328 g/mol. The molecule has 1 aromatic heterocycles. The Bertz CT molecular complexity index is 721. The molecule has 0 saturated heterocycles. The number of rotatable bonds is 7. The van der Waals surface area contributed by atoms with Crippen LogP contribution in [0.1, 0.15) is 37.9 Å². The molecule has 1 unspecified atom stereocenters. The summed E-state index contributed by atoms with van der Waals surface area (Å²) in [5.41, 5.74) is 6.97. The first-order valence-corrected chi connectivity index (χ1v) is 8.57. The smallest absolute Gasteiger partial charge is 0.196 e. The highest BCUT2D eigenvalue weighted by Crippen LogP contribution is 2.41. The van der Waals surface area contributed by atoms with Crippen molar-refractivity contribution in [3.05, 3.63) is 48.4 Å². The zero-order chi connectivity index (χ0) is 16.4. The fourth-order valence-electron chi connectivity index (χ4n) is 2.37. The summed E-state index contributed by atoms with van der Waals surface area (Å²) in [6.45, 7) is 5.47. The molecular weight excluding hydrogens is 308 g/mol. The number of ketones is 1. The van der Waals surface area contributed by atoms with Crippen LogP contribution in [0.15, 0.2) is 47.8 Å². The maximum Gasteiger partial charge on any atom is 0.196 e. The zero-order valence-electron chi connectivity index (χ0n) is 13.1. The number of para-hydroxylation sites is 1. The summed E-state index contributed by atoms with van der Waals surface area (Å²) in [5, 5.41) is 9.20. The second kappa shape index (κ2) is 6.58. The molecule has 1 aliphatic rings. The SMILES string of the molecule is C=C(N)CC(=O)C(C)Sc1nnc(C2CC2)n1-c1ccccc1. The van der Waals surface area contributed by atoms with E-state index < -0.39 is 0 Å². The molecule has 1 heterocycles. The quantitative estimate of drug-likeness (QED) is 0.791. The van der Waals surface area contributed by atoms with E-state index in [0.29, 0.717) is 11.6 Å². The highest BCUT2D eigenvalue weighted by molar-refractivity contribution is 8.00. The van der Waals surface area contributed by atoms with Gasteiger partial charge in [0.15, 0.2) is 10.9 Å². The number of nitrogens with two attached hydrogens (primary N) is 1. The van der Waals surface area contributed by atoms with E-state index in [-0.39, 0.29) is 17.5 Å². The molecule has 1 aromatic carbocycles. The van der Waals surface area contributed by atoms with Gasteiger partial charge in [0.2, 0.25) is 0 Å². The number of hydrogen-bond acceptors (Lipinski definition) is 5. The normalized spacial score (nSPS) is 15.3. The first-order valence-electron chi connectivity index (χ1n) is 7.69. The number of benzene rings is 1. The van der Waals surface area contributed by atoms with Gasteiger partial charge in [-0.2, -0.15) is 0 Å². The van der Waals surface area contributed by atoms with Gasteiger partial charge in [0.05, 0.1) is 5.25 Å². The number of aromatic nitrogens is 3. The van der Waals surface area contributed by atoms with Crippen molar-refractivity contribution in [1.82, 2.24) is 14.8 Å². The predicted molar refractivity (Wildman–Crippen MR) is 91.6 cm³/mol. The predicted octanol–water partition coefficient (Wildman–Crippen LogP) is 3.06. The molecule has 1 saturated carbocycles. The van der Waals surface area contributed by atoms with E-state index >= 15 is 0 Å². The van der Waals surface area contributed by atoms with Crippen LogP contribution < -0.4 is 5.73 Å². The Morgan fingerprint density at radius 1 is 1.39 bits per heavy atom. The lowest BCUT2D eigenvalue weighted by atomic mass is 10.2. The van der Waals surface area contributed by atoms with Gasteiger partial charge in [-0.05, 0) is 31.9 Å². The lowest BCUT2D eigenvalue weighted by Gasteiger charge is -2.13. The lowest BCUT2D eigenvalue weighted by Crippen LogP contribution is -2.16. The average Bonchev–Trinajstić information content (AvgIpc) is 3.28. The van der Waals surface area contributed by atoms with Gasteiger partial charge in [-0.25, -0.2) is 0 Å². The molecule has 0 bridgehead atoms. The minimum atomic E-state index is -0.242. The fourth-order valence-corrected chi connectivity index (χ4v) is 3.30. The third-order valence-corrected chi connectivity index (χ3v) is 4.84. The molecule has 0 aliphatic heterocycles. The maximum absolute atomic E-state index is 12.1. The van der Waals surface area contributed by atoms with Gasteiger partial charge in [0.25, 0.3) is 0 Å². The van der Waals surface area contributed by atoms with Crippen molar-refractivity contribution < 1.29 is 4.79 Å². The van der Waals surface area contributed by atoms with Gasteiger partial charge in [0.1, 0.15) is 5.82 Å². The molecule has 0 radical (unpaired) electrons. The number of allylic oxidation sites excluding steroid dienone is 1. The zero-order valence-corrected chi connectivity index (χ0v) is 13.9. The van der Waals surface area contributed by atoms with Gasteiger partial charge >= 0.3 is 0 Å². The van der Waals surface area contributed by atoms with Crippen LogP contribution in [0.25, 0.3) is 5.69 Å². The van der Waals surface area contributed by atoms with Gasteiger partial charge in [-0.15, -0.1) is 10.2 Å². The third kappa shape index (κ3) is 3.64. The topological polar surface area (TPSA) is 73.8 Å². The fraction of sp³-hybridized carbons (Fsp3) is 0.353. The summed E-state index contributed by atoms with van der Waals surface area (Å²) in [4.78, 5) is 12.1. The van der Waals surface area contributed by atoms with Crippen molar-refractivity contribution in [3.63, 3.8) is 0 Å². The number of Topliss-reactive ketones (excluding diaryl/α,β-unsaturated/α-hetero) is 1. The van der Waals surface area contributed by atoms with Crippen molar-refractivity contribution in [2.75, 3.05) is 0 Å². The van der Waals surface area contributed by atoms with Crippen LogP contribution in [0.2, 0.25) is 0 Å². The van der Waals surface area contributed by atoms with Crippen molar-refractivity contribution in [3.8, 4) is 5.69 Å². The Morgan fingerprint density at radius 2 is 2.09 bits per heavy atom. The molecule has 120 valence electrons. The standard InChI is InChI=1S/C17H20N4OS/c1-11(18)10-15(22)12(2)23-17-20-19-16(13-8-9-13)21(17)14-6-4-3-5-7-14/h3-7,12-13H,1,8-10,18H2,2H3. The Kier molecular flexibility index (Phi) is 4.52. The number of thioether (sulfide) groups is 1. The van der Waals surface area contributed by atoms with Crippen molar-refractivity contribution in [1.29, 1.82) is 0 Å². The molecule has 3 rings (SSSR count). The van der Waals surface area contributed by atoms with E-state index in [1.807, 2.05) is 37.3 Å². The molecule has 1 fully saturated rings. The molecule has 6 heteroatoms. The summed E-state index contributed by atoms with van der Waals surface area (Å²) >= 11 is 1.42. The van der Waals surface area contributed by atoms with Gasteiger partial charge in [0, 0.05) is 23.7 Å². The molecule has 2 aromatic rings. The van der Waals surface area contributed by atoms with Crippen molar-refractivity contribution >= 4 is 17.5 Å². The first-order chi connectivity index (χ1) is 11.1. The summed E-state index contributed by atoms with van der Waals surface area (Å²) in [5.74, 6) is 1.52. The Labute approximate surface area is 140 Å². The van der Waals surface area contributed by atoms with E-state index in [1.165, 1.54) is 11.8 Å². The van der Waals surface area contributed by atoms with Crippen LogP contribution in [-0.4, -0.2) is 25.8 Å². The number of carbonyl (C=O) groups excluding carboxylic acids is 1. The van der Waals surface area contributed by atoms with E-state index in [2.05, 4.69) is 21.3 Å². The third-order valence-electron chi connectivity index (χ3n) is 3.75. The summed E-state index contributed by atoms with van der Waals surface area (Å²) in [6.07, 6.45) is 2.50. The van der Waals surface area contributed by atoms with E-state index in [0.717, 1.165) is 29.5 Å². The summed E-state index contributed by atoms with van der Waals surface area (Å²) < 4.78 is 2.07. The van der Waals surface area contributed by atoms with Crippen LogP contribution in [0, 0.1) is 0 Å². The highest BCUT2D eigenvalue weighted by Gasteiger charge is 2.31. The van der Waals surface area contributed by atoms with Gasteiger partial charge in [-0.3, -0.25) is 9.36 Å². The van der Waals surface area contributed by atoms with Crippen molar-refractivity contribution in [2.24, 2.45) is 5.73 Å². The first kappa shape index (κ1) is 15.8. The van der Waals surface area contributed by atoms with Gasteiger partial charge in [-0.1, -0.05) is 36.5 Å². The second-order valence-corrected chi connectivity index (χ2v) is 7.16. The van der Waals surface area contributed by atoms with E-state index in [1.54, 1.807) is 0 Å². The van der Waals surface area contributed by atoms with Crippen LogP contribution in [0.3, 0.4) is 0 Å². The van der Waals surface area contributed by atoms with Crippen LogP contribution in [-0.2, 0) is 4.79 Å². The number of carbonyl (C=O) groups is 1. The minimum Gasteiger partial charge on any atom is -0.402 e. The maximum atomic E-state index is 12.1. The monoisotopic (exact) mass is 328 g/mol. The molecule has 0 spiro atoms. The van der Waals surface area contributed by atoms with Crippen LogP contribution >= 0.6 is 11.8 Å². The van der Waals surface area contributed by atoms with Crippen molar-refractivity contribution in [2.45, 2.75) is 42.5 Å². The molecule has 1 aliphatic carbocycles. The highest BCUT2D eigenvalue weighted by atomic mass is 32.2. The Balaban J connectivity index is 1.88. The van der Waals surface area contributed by atoms with E-state index in [9.17, 15) is 4.79 Å². The Morgan fingerprint density at radius 3 is 2.70 bits per heavy atom. The number of hydrogen-bond donors (Lipinski definition) is 1. The van der Waals surface area contributed by atoms with Crippen LogP contribution in [0.5, 0.6) is 0 Å². The van der Waals surface area contributed by atoms with Gasteiger partial charge < -0.3 is 5.73 Å². The Hall–Kier alpha value is -2.08. The molecular formula is C17H20N4OS. The number of nitrogens with zero attached hydrogens (tertiary/aromatic N) is 3. The molecule has 2 N–H and O–H groups in total. The van der Waals surface area contributed by atoms with E-state index in [4.69, 9.17) is 5.73 Å².